The van der Waals surface area contributed by atoms with Gasteiger partial charge in [0.25, 0.3) is 0 Å². The first-order valence-electron chi connectivity index (χ1n) is 6.29. The van der Waals surface area contributed by atoms with Crippen LogP contribution in [0.2, 0.25) is 0 Å². The largest absolute Gasteiger partial charge is 0.481 e. The van der Waals surface area contributed by atoms with Crippen LogP contribution >= 0.6 is 0 Å². The number of rotatable bonds is 3. The number of benzene rings is 1. The van der Waals surface area contributed by atoms with Gasteiger partial charge in [0.1, 0.15) is 0 Å². The minimum Gasteiger partial charge on any atom is -0.481 e. The van der Waals surface area contributed by atoms with Crippen LogP contribution in [0, 0.1) is 19.3 Å². The lowest BCUT2D eigenvalue weighted by atomic mass is 9.86. The number of aryl methyl sites for hydroxylation is 1. The highest BCUT2D eigenvalue weighted by atomic mass is 16.4. The van der Waals surface area contributed by atoms with E-state index in [1.807, 2.05) is 13.0 Å². The van der Waals surface area contributed by atoms with Crippen molar-refractivity contribution in [3.05, 3.63) is 33.9 Å². The van der Waals surface area contributed by atoms with Crippen LogP contribution in [0.15, 0.2) is 6.07 Å². The molecule has 4 nitrogen and oxygen atoms in total. The van der Waals surface area contributed by atoms with E-state index in [0.29, 0.717) is 17.5 Å². The topological polar surface area (TPSA) is 74.6 Å². The minimum atomic E-state index is -0.901. The maximum absolute atomic E-state index is 12.4. The smallest absolute Gasteiger partial charge is 0.307 e. The molecule has 2 N–H and O–H groups in total. The van der Waals surface area contributed by atoms with Crippen LogP contribution in [0.25, 0.3) is 0 Å². The summed E-state index contributed by atoms with van der Waals surface area (Å²) in [4.78, 5) is 23.3. The number of carbonyl (C=O) groups is 2. The third-order valence-corrected chi connectivity index (χ3v) is 4.05. The van der Waals surface area contributed by atoms with Crippen LogP contribution < -0.4 is 0 Å². The summed E-state index contributed by atoms with van der Waals surface area (Å²) in [7, 11) is 0. The average Bonchev–Trinajstić information content (AvgIpc) is 2.57. The van der Waals surface area contributed by atoms with Crippen LogP contribution in [-0.2, 0) is 17.6 Å². The number of carboxylic acid groups (broad SMARTS) is 1. The lowest BCUT2D eigenvalue weighted by Gasteiger charge is -2.17. The Morgan fingerprint density at radius 1 is 1.42 bits per heavy atom. The number of aliphatic hydroxyl groups is 1. The minimum absolute atomic E-state index is 0.0749. The molecular weight excluding hydrogens is 244 g/mol. The number of carboxylic acids is 1. The van der Waals surface area contributed by atoms with Crippen molar-refractivity contribution < 1.29 is 19.8 Å². The number of hydrogen-bond acceptors (Lipinski definition) is 3. The fraction of sp³-hybridized carbons (Fsp3) is 0.467. The summed E-state index contributed by atoms with van der Waals surface area (Å²) in [6.07, 6.45) is 0.445. The fourth-order valence-electron chi connectivity index (χ4n) is 2.92. The van der Waals surface area contributed by atoms with Gasteiger partial charge < -0.3 is 10.2 Å². The van der Waals surface area contributed by atoms with Gasteiger partial charge in [-0.3, -0.25) is 9.59 Å². The number of fused-ring (bicyclic) bond motifs is 1. The van der Waals surface area contributed by atoms with Crippen LogP contribution in [0.4, 0.5) is 0 Å². The molecule has 19 heavy (non-hydrogen) atoms. The molecule has 1 aliphatic rings. The SMILES string of the molecule is Cc1cc2c(c(C)c1CC(=O)O)C(=O)[C@](C)(CO)C2. The van der Waals surface area contributed by atoms with Crippen molar-refractivity contribution in [3.63, 3.8) is 0 Å². The van der Waals surface area contributed by atoms with Gasteiger partial charge in [-0.15, -0.1) is 0 Å². The molecule has 0 spiro atoms. The second kappa shape index (κ2) is 4.46. The predicted molar refractivity (Wildman–Crippen MR) is 70.5 cm³/mol. The molecular formula is C15H18O4. The first kappa shape index (κ1) is 13.7. The van der Waals surface area contributed by atoms with Crippen LogP contribution in [-0.4, -0.2) is 28.6 Å². The zero-order valence-corrected chi connectivity index (χ0v) is 11.4. The molecule has 0 bridgehead atoms. The monoisotopic (exact) mass is 262 g/mol. The van der Waals surface area contributed by atoms with Crippen molar-refractivity contribution in [2.24, 2.45) is 5.41 Å². The van der Waals surface area contributed by atoms with Crippen LogP contribution in [0.1, 0.15) is 39.5 Å². The molecule has 0 saturated carbocycles. The lowest BCUT2D eigenvalue weighted by Crippen LogP contribution is -2.28. The molecule has 0 heterocycles. The Morgan fingerprint density at radius 3 is 2.58 bits per heavy atom. The molecule has 0 radical (unpaired) electrons. The highest BCUT2D eigenvalue weighted by molar-refractivity contribution is 6.06. The van der Waals surface area contributed by atoms with E-state index in [-0.39, 0.29) is 18.8 Å². The van der Waals surface area contributed by atoms with Crippen molar-refractivity contribution in [1.29, 1.82) is 0 Å². The highest BCUT2D eigenvalue weighted by Crippen LogP contribution is 2.39. The van der Waals surface area contributed by atoms with Gasteiger partial charge in [0, 0.05) is 5.56 Å². The van der Waals surface area contributed by atoms with Gasteiger partial charge in [0.05, 0.1) is 18.4 Å². The Labute approximate surface area is 112 Å². The summed E-state index contributed by atoms with van der Waals surface area (Å²) in [6.45, 7) is 5.23. The van der Waals surface area contributed by atoms with Gasteiger partial charge in [0.2, 0.25) is 0 Å². The van der Waals surface area contributed by atoms with Gasteiger partial charge in [-0.05, 0) is 49.4 Å². The third-order valence-electron chi connectivity index (χ3n) is 4.05. The maximum Gasteiger partial charge on any atom is 0.307 e. The molecule has 1 aromatic carbocycles. The number of ketones is 1. The van der Waals surface area contributed by atoms with Crippen LogP contribution in [0.3, 0.4) is 0 Å². The Kier molecular flexibility index (Phi) is 3.22. The Bertz CT molecular complexity index is 574. The van der Waals surface area contributed by atoms with E-state index in [1.54, 1.807) is 13.8 Å². The highest BCUT2D eigenvalue weighted by Gasteiger charge is 2.42. The predicted octanol–water partition coefficient (Wildman–Crippen LogP) is 1.67. The molecule has 0 amide bonds. The van der Waals surface area contributed by atoms with E-state index in [2.05, 4.69) is 0 Å². The number of carbonyl (C=O) groups excluding carboxylic acids is 1. The molecule has 1 aromatic rings. The van der Waals surface area contributed by atoms with Crippen LogP contribution in [0.5, 0.6) is 0 Å². The van der Waals surface area contributed by atoms with E-state index >= 15 is 0 Å². The summed E-state index contributed by atoms with van der Waals surface area (Å²) in [6, 6.07) is 1.89. The molecule has 4 heteroatoms. The molecule has 1 atom stereocenters. The Hall–Kier alpha value is -1.68. The van der Waals surface area contributed by atoms with Gasteiger partial charge in [-0.25, -0.2) is 0 Å². The zero-order chi connectivity index (χ0) is 14.4. The standard InChI is InChI=1S/C15H18O4/c1-8-4-10-6-15(3,7-16)14(19)13(10)9(2)11(8)5-12(17)18/h4,16H,5-7H2,1-3H3,(H,17,18)/t15-/m0/s1. The van der Waals surface area contributed by atoms with Crippen molar-refractivity contribution in [3.8, 4) is 0 Å². The first-order valence-corrected chi connectivity index (χ1v) is 6.29. The number of hydrogen-bond donors (Lipinski definition) is 2. The molecule has 0 aliphatic heterocycles. The summed E-state index contributed by atoms with van der Waals surface area (Å²) < 4.78 is 0. The van der Waals surface area contributed by atoms with Crippen molar-refractivity contribution in [2.75, 3.05) is 6.61 Å². The van der Waals surface area contributed by atoms with Crippen molar-refractivity contribution in [2.45, 2.75) is 33.6 Å². The van der Waals surface area contributed by atoms with E-state index in [1.165, 1.54) is 0 Å². The van der Waals surface area contributed by atoms with E-state index in [4.69, 9.17) is 5.11 Å². The summed E-state index contributed by atoms with van der Waals surface area (Å²) in [5, 5.41) is 18.4. The first-order chi connectivity index (χ1) is 8.80. The third kappa shape index (κ3) is 2.06. The van der Waals surface area contributed by atoms with Gasteiger partial charge >= 0.3 is 5.97 Å². The van der Waals surface area contributed by atoms with Crippen molar-refractivity contribution in [1.82, 2.24) is 0 Å². The Morgan fingerprint density at radius 2 is 2.05 bits per heavy atom. The lowest BCUT2D eigenvalue weighted by molar-refractivity contribution is -0.136. The van der Waals surface area contributed by atoms with E-state index in [0.717, 1.165) is 16.7 Å². The summed E-state index contributed by atoms with van der Waals surface area (Å²) in [5.74, 6) is -0.976. The molecule has 0 aromatic heterocycles. The second-order valence-corrected chi connectivity index (χ2v) is 5.63. The molecule has 0 saturated heterocycles. The normalized spacial score (nSPS) is 21.6. The molecule has 102 valence electrons. The molecule has 2 rings (SSSR count). The molecule has 0 fully saturated rings. The summed E-state index contributed by atoms with van der Waals surface area (Å²) in [5.41, 5.74) is 3.13. The van der Waals surface area contributed by atoms with E-state index < -0.39 is 11.4 Å². The number of aliphatic hydroxyl groups excluding tert-OH is 1. The van der Waals surface area contributed by atoms with E-state index in [9.17, 15) is 14.7 Å². The average molecular weight is 262 g/mol. The van der Waals surface area contributed by atoms with Crippen molar-refractivity contribution >= 4 is 11.8 Å². The number of aliphatic carboxylic acids is 1. The summed E-state index contributed by atoms with van der Waals surface area (Å²) >= 11 is 0. The zero-order valence-electron chi connectivity index (χ0n) is 11.4. The molecule has 1 aliphatic carbocycles. The Balaban J connectivity index is 2.60. The van der Waals surface area contributed by atoms with Gasteiger partial charge in [-0.1, -0.05) is 6.07 Å². The fourth-order valence-corrected chi connectivity index (χ4v) is 2.92. The van der Waals surface area contributed by atoms with Gasteiger partial charge in [-0.2, -0.15) is 0 Å². The molecule has 0 unspecified atom stereocenters. The van der Waals surface area contributed by atoms with Gasteiger partial charge in [0.15, 0.2) is 5.78 Å². The number of Topliss-reactive ketones (excluding diaryl/α,β-unsaturated/α-hetero) is 1. The quantitative estimate of drug-likeness (QED) is 0.869. The second-order valence-electron chi connectivity index (χ2n) is 5.63. The maximum atomic E-state index is 12.4.